The van der Waals surface area contributed by atoms with E-state index >= 15 is 0 Å². The molecular weight excluding hydrogens is 236 g/mol. The van der Waals surface area contributed by atoms with Crippen LogP contribution < -0.4 is 5.09 Å². The van der Waals surface area contributed by atoms with Gasteiger partial charge in [-0.2, -0.15) is 0 Å². The topological polar surface area (TPSA) is 12.0 Å². The zero-order valence-corrected chi connectivity index (χ0v) is 13.3. The molecule has 3 heteroatoms. The number of nitrogens with one attached hydrogen (secondary N) is 1. The summed E-state index contributed by atoms with van der Waals surface area (Å²) in [4.78, 5) is 0. The SMILES string of the molecule is B=C(CNP(C)C(C)C1=CCCC=C1)CC(C)C. The van der Waals surface area contributed by atoms with E-state index in [4.69, 9.17) is 0 Å². The summed E-state index contributed by atoms with van der Waals surface area (Å²) in [5.74, 6) is 0.712. The average molecular weight is 263 g/mol. The molecule has 0 aromatic rings. The van der Waals surface area contributed by atoms with Crippen molar-refractivity contribution in [1.29, 1.82) is 0 Å². The molecule has 0 saturated heterocycles. The molecule has 0 amide bonds. The quantitative estimate of drug-likeness (QED) is 0.548. The van der Waals surface area contributed by atoms with Gasteiger partial charge >= 0.3 is 115 Å². The first kappa shape index (κ1) is 15.9. The molecule has 0 bridgehead atoms. The van der Waals surface area contributed by atoms with E-state index in [9.17, 15) is 0 Å². The van der Waals surface area contributed by atoms with Gasteiger partial charge in [0.05, 0.1) is 0 Å². The Balaban J connectivity index is 2.36. The van der Waals surface area contributed by atoms with Gasteiger partial charge < -0.3 is 0 Å². The Morgan fingerprint density at radius 1 is 1.39 bits per heavy atom. The van der Waals surface area contributed by atoms with Crippen LogP contribution in [0.4, 0.5) is 0 Å². The van der Waals surface area contributed by atoms with Crippen molar-refractivity contribution in [2.45, 2.75) is 45.7 Å². The molecule has 0 aromatic heterocycles. The second-order valence-electron chi connectivity index (χ2n) is 5.65. The Bertz CT molecular complexity index is 333. The first-order valence-corrected chi connectivity index (χ1v) is 8.86. The van der Waals surface area contributed by atoms with Crippen LogP contribution in [0.2, 0.25) is 0 Å². The molecule has 18 heavy (non-hydrogen) atoms. The van der Waals surface area contributed by atoms with Gasteiger partial charge in [-0.15, -0.1) is 0 Å². The second-order valence-corrected chi connectivity index (χ2v) is 7.97. The molecule has 0 aliphatic heterocycles. The summed E-state index contributed by atoms with van der Waals surface area (Å²) in [7, 11) is 4.01. The average Bonchev–Trinajstić information content (AvgIpc) is 2.35. The Labute approximate surface area is 115 Å². The number of allylic oxidation sites excluding steroid dienone is 4. The molecule has 0 saturated carbocycles. The van der Waals surface area contributed by atoms with Crippen LogP contribution in [0.15, 0.2) is 23.8 Å². The van der Waals surface area contributed by atoms with Gasteiger partial charge in [0, 0.05) is 0 Å². The molecule has 0 heterocycles. The fourth-order valence-electron chi connectivity index (χ4n) is 2.19. The Morgan fingerprint density at radius 3 is 2.67 bits per heavy atom. The van der Waals surface area contributed by atoms with Crippen molar-refractivity contribution in [1.82, 2.24) is 5.09 Å². The van der Waals surface area contributed by atoms with Crippen LogP contribution >= 0.6 is 8.07 Å². The predicted molar refractivity (Wildman–Crippen MR) is 88.4 cm³/mol. The molecule has 2 atom stereocenters. The molecule has 1 N–H and O–H groups in total. The molecule has 1 nitrogen and oxygen atoms in total. The van der Waals surface area contributed by atoms with Crippen LogP contribution in [0.3, 0.4) is 0 Å². The first-order chi connectivity index (χ1) is 8.50. The summed E-state index contributed by atoms with van der Waals surface area (Å²) in [6.45, 7) is 10.2. The van der Waals surface area contributed by atoms with Crippen molar-refractivity contribution >= 4 is 21.0 Å². The Morgan fingerprint density at radius 2 is 2.11 bits per heavy atom. The van der Waals surface area contributed by atoms with Crippen LogP contribution in [0.1, 0.15) is 40.0 Å². The van der Waals surface area contributed by atoms with Crippen LogP contribution in [-0.2, 0) is 0 Å². The maximum atomic E-state index is 4.16. The summed E-state index contributed by atoms with van der Waals surface area (Å²) in [5, 5.41) is 3.68. The van der Waals surface area contributed by atoms with Gasteiger partial charge in [-0.25, -0.2) is 0 Å². The van der Waals surface area contributed by atoms with Crippen LogP contribution in [0.25, 0.3) is 0 Å². The molecule has 0 fully saturated rings. The minimum absolute atomic E-state index is 0.153. The summed E-state index contributed by atoms with van der Waals surface area (Å²) in [6, 6.07) is 0. The maximum absolute atomic E-state index is 4.16. The zero-order chi connectivity index (χ0) is 13.5. The normalized spacial score (nSPS) is 18.6. The number of rotatable bonds is 7. The molecule has 0 spiro atoms. The Kier molecular flexibility index (Phi) is 7.11. The van der Waals surface area contributed by atoms with Crippen LogP contribution in [-0.4, -0.2) is 31.8 Å². The molecular formula is C15H27BNP. The predicted octanol–water partition coefficient (Wildman–Crippen LogP) is 3.39. The van der Waals surface area contributed by atoms with Crippen LogP contribution in [0, 0.1) is 5.92 Å². The minimum atomic E-state index is -0.153. The van der Waals surface area contributed by atoms with Crippen molar-refractivity contribution in [3.63, 3.8) is 0 Å². The van der Waals surface area contributed by atoms with Crippen molar-refractivity contribution in [3.8, 4) is 0 Å². The van der Waals surface area contributed by atoms with E-state index in [1.165, 1.54) is 23.9 Å². The van der Waals surface area contributed by atoms with Crippen molar-refractivity contribution < 1.29 is 0 Å². The van der Waals surface area contributed by atoms with E-state index < -0.39 is 0 Å². The van der Waals surface area contributed by atoms with Gasteiger partial charge in [0.25, 0.3) is 0 Å². The molecule has 1 aliphatic carbocycles. The van der Waals surface area contributed by atoms with Gasteiger partial charge in [-0.3, -0.25) is 0 Å². The molecule has 1 aliphatic rings. The molecule has 0 aromatic carbocycles. The van der Waals surface area contributed by atoms with E-state index in [0.717, 1.165) is 13.0 Å². The van der Waals surface area contributed by atoms with E-state index in [1.807, 2.05) is 0 Å². The number of hydrogen-bond acceptors (Lipinski definition) is 1. The third-order valence-corrected chi connectivity index (χ3v) is 5.48. The summed E-state index contributed by atoms with van der Waals surface area (Å²) in [5.41, 5.74) is 3.49. The summed E-state index contributed by atoms with van der Waals surface area (Å²) in [6.07, 6.45) is 10.5. The fourth-order valence-corrected chi connectivity index (χ4v) is 3.58. The summed E-state index contributed by atoms with van der Waals surface area (Å²) >= 11 is 0. The zero-order valence-electron chi connectivity index (χ0n) is 12.4. The molecule has 1 rings (SSSR count). The molecule has 100 valence electrons. The van der Waals surface area contributed by atoms with E-state index in [-0.39, 0.29) is 8.07 Å². The standard InChI is InChI=1S/C15H27BNP/c1-12(2)10-15(16)11-17-18(4)13(3)14-8-6-5-7-9-14/h6,8-9,12-13,16-17H,5,7,10-11H2,1-4H3. The van der Waals surface area contributed by atoms with Gasteiger partial charge in [0.1, 0.15) is 0 Å². The van der Waals surface area contributed by atoms with Gasteiger partial charge in [-0.05, 0) is 0 Å². The van der Waals surface area contributed by atoms with E-state index in [1.54, 1.807) is 0 Å². The van der Waals surface area contributed by atoms with E-state index in [2.05, 4.69) is 58.2 Å². The van der Waals surface area contributed by atoms with Gasteiger partial charge in [0.15, 0.2) is 0 Å². The van der Waals surface area contributed by atoms with Gasteiger partial charge in [-0.1, -0.05) is 0 Å². The second kappa shape index (κ2) is 8.07. The van der Waals surface area contributed by atoms with Crippen molar-refractivity contribution in [2.75, 3.05) is 13.2 Å². The molecule has 0 radical (unpaired) electrons. The Hall–Kier alpha value is -0.195. The monoisotopic (exact) mass is 263 g/mol. The van der Waals surface area contributed by atoms with Crippen molar-refractivity contribution in [3.05, 3.63) is 23.8 Å². The summed E-state index contributed by atoms with van der Waals surface area (Å²) < 4.78 is 0. The third kappa shape index (κ3) is 5.63. The van der Waals surface area contributed by atoms with Gasteiger partial charge in [0.2, 0.25) is 0 Å². The van der Waals surface area contributed by atoms with Crippen LogP contribution in [0.5, 0.6) is 0 Å². The first-order valence-electron chi connectivity index (χ1n) is 7.00. The van der Waals surface area contributed by atoms with Crippen molar-refractivity contribution in [2.24, 2.45) is 5.92 Å². The third-order valence-electron chi connectivity index (χ3n) is 3.36. The number of hydrogen-bond donors (Lipinski definition) is 1. The molecule has 2 unspecified atom stereocenters. The fraction of sp³-hybridized carbons (Fsp3) is 0.667. The van der Waals surface area contributed by atoms with E-state index in [0.29, 0.717) is 11.6 Å².